The van der Waals surface area contributed by atoms with Crippen LogP contribution < -0.4 is 42.0 Å². The van der Waals surface area contributed by atoms with Gasteiger partial charge < -0.3 is 49.4 Å². The maximum Gasteiger partial charge on any atom is 0.360 e. The van der Waals surface area contributed by atoms with Crippen LogP contribution in [0.1, 0.15) is 59.5 Å². The third kappa shape index (κ3) is 10.9. The molecule has 15 heteroatoms. The number of benzene rings is 5. The largest absolute Gasteiger partial charge is 0.490 e. The number of hydrogen-bond donors (Lipinski definition) is 4. The molecule has 0 saturated carbocycles. The molecule has 2 aliphatic heterocycles. The fraction of sp³-hybridized carbons (Fsp3) is 0.296. The summed E-state index contributed by atoms with van der Waals surface area (Å²) in [7, 11) is 4.20. The molecule has 0 spiro atoms. The van der Waals surface area contributed by atoms with Crippen LogP contribution in [0.25, 0.3) is 33.1 Å². The van der Waals surface area contributed by atoms with E-state index in [9.17, 15) is 19.2 Å². The molecule has 9 rings (SSSR count). The Morgan fingerprint density at radius 1 is 0.652 bits per heavy atom. The van der Waals surface area contributed by atoms with Crippen LogP contribution in [-0.2, 0) is 6.54 Å². The van der Waals surface area contributed by atoms with Gasteiger partial charge in [-0.05, 0) is 130 Å². The second-order valence-corrected chi connectivity index (χ2v) is 18.5. The highest BCUT2D eigenvalue weighted by atomic mass is 35.5. The van der Waals surface area contributed by atoms with Crippen molar-refractivity contribution in [1.82, 2.24) is 20.4 Å². The van der Waals surface area contributed by atoms with Crippen molar-refractivity contribution in [3.05, 3.63) is 163 Å². The van der Waals surface area contributed by atoms with Crippen LogP contribution in [0.5, 0.6) is 11.5 Å². The van der Waals surface area contributed by atoms with Gasteiger partial charge >= 0.3 is 23.3 Å². The SMILES string of the molecule is Cc1c(OC2CCN(C)CC2)ccc2cc(NC(=O)NCc3ccc(Cl)cc3-c3ccc(C(NC(=O)Nc4cc5ccc(OC6CCN(C)CC6)c(C)c5oc4=O)c4ccccc4)cc3)c(=O)oc12. The lowest BCUT2D eigenvalue weighted by Crippen LogP contribution is -2.35. The number of likely N-dealkylation sites (tertiary alicyclic amines) is 2. The average Bonchev–Trinajstić information content (AvgIpc) is 3.35. The van der Waals surface area contributed by atoms with Gasteiger partial charge in [0.15, 0.2) is 0 Å². The molecule has 2 fully saturated rings. The second-order valence-electron chi connectivity index (χ2n) is 18.0. The van der Waals surface area contributed by atoms with Gasteiger partial charge in [0.05, 0.1) is 6.04 Å². The lowest BCUT2D eigenvalue weighted by Gasteiger charge is -2.29. The van der Waals surface area contributed by atoms with Crippen LogP contribution in [0.2, 0.25) is 5.02 Å². The fourth-order valence-electron chi connectivity index (χ4n) is 9.07. The third-order valence-corrected chi connectivity index (χ3v) is 13.3. The van der Waals surface area contributed by atoms with Gasteiger partial charge in [-0.3, -0.25) is 0 Å². The fourth-order valence-corrected chi connectivity index (χ4v) is 9.24. The number of amides is 4. The molecular formula is C54H55ClN6O8. The van der Waals surface area contributed by atoms with Crippen LogP contribution in [-0.4, -0.2) is 74.3 Å². The standard InChI is InChI=1S/C54H55ClN6O8/c1-32-46(66-41-20-24-60(3)25-21-41)18-15-37-28-44(51(62)68-49(32)37)57-53(64)56-31-39-14-17-40(55)30-43(39)34-10-12-36(13-11-34)48(35-8-6-5-7-9-35)59-54(65)58-45-29-38-16-19-47(33(2)50(38)69-52(45)63)67-42-22-26-61(4)27-23-42/h5-19,28-30,41-42,48H,20-27,31H2,1-4H3,(H2,56,57,64)(H2,58,59,65). The third-order valence-electron chi connectivity index (χ3n) is 13.1. The number of hydrogen-bond acceptors (Lipinski definition) is 10. The first-order valence-electron chi connectivity index (χ1n) is 23.3. The maximum absolute atomic E-state index is 13.7. The van der Waals surface area contributed by atoms with Crippen molar-refractivity contribution in [2.75, 3.05) is 50.9 Å². The molecule has 14 nitrogen and oxygen atoms in total. The van der Waals surface area contributed by atoms with E-state index in [1.54, 1.807) is 18.2 Å². The molecule has 356 valence electrons. The Bertz CT molecular complexity index is 3120. The summed E-state index contributed by atoms with van der Waals surface area (Å²) in [5, 5.41) is 13.1. The predicted molar refractivity (Wildman–Crippen MR) is 270 cm³/mol. The van der Waals surface area contributed by atoms with Crippen molar-refractivity contribution in [3.63, 3.8) is 0 Å². The van der Waals surface area contributed by atoms with Crippen LogP contribution >= 0.6 is 11.6 Å². The normalized spacial score (nSPS) is 15.4. The van der Waals surface area contributed by atoms with Gasteiger partial charge in [-0.25, -0.2) is 19.2 Å². The number of rotatable bonds is 12. The Morgan fingerprint density at radius 2 is 1.16 bits per heavy atom. The summed E-state index contributed by atoms with van der Waals surface area (Å²) in [5.74, 6) is 1.35. The van der Waals surface area contributed by atoms with Crippen LogP contribution in [0.4, 0.5) is 21.0 Å². The monoisotopic (exact) mass is 950 g/mol. The number of ether oxygens (including phenoxy) is 2. The van der Waals surface area contributed by atoms with E-state index in [1.165, 1.54) is 0 Å². The van der Waals surface area contributed by atoms with Crippen molar-refractivity contribution in [3.8, 4) is 22.6 Å². The number of piperidine rings is 2. The number of aryl methyl sites for hydroxylation is 2. The molecule has 2 aromatic heterocycles. The van der Waals surface area contributed by atoms with Crippen molar-refractivity contribution in [2.45, 2.75) is 64.3 Å². The van der Waals surface area contributed by atoms with E-state index < -0.39 is 29.4 Å². The van der Waals surface area contributed by atoms with Gasteiger partial charge in [0.2, 0.25) is 0 Å². The van der Waals surface area contributed by atoms with E-state index in [2.05, 4.69) is 45.2 Å². The number of fused-ring (bicyclic) bond motifs is 2. The van der Waals surface area contributed by atoms with E-state index in [1.807, 2.05) is 105 Å². The summed E-state index contributed by atoms with van der Waals surface area (Å²) in [4.78, 5) is 57.9. The minimum absolute atomic E-state index is 0.000261. The number of carbonyl (C=O) groups is 2. The number of carbonyl (C=O) groups excluding carboxylic acids is 2. The Balaban J connectivity index is 0.867. The smallest absolute Gasteiger partial charge is 0.360 e. The zero-order valence-electron chi connectivity index (χ0n) is 39.0. The number of halogens is 1. The molecule has 0 radical (unpaired) electrons. The van der Waals surface area contributed by atoms with Gasteiger partial charge in [-0.2, -0.15) is 0 Å². The van der Waals surface area contributed by atoms with Crippen LogP contribution in [0.15, 0.2) is 128 Å². The van der Waals surface area contributed by atoms with Crippen molar-refractivity contribution in [2.24, 2.45) is 0 Å². The van der Waals surface area contributed by atoms with Crippen molar-refractivity contribution < 1.29 is 27.9 Å². The summed E-state index contributed by atoms with van der Waals surface area (Å²) in [5.41, 5.74) is 4.85. The molecule has 2 saturated heterocycles. The summed E-state index contributed by atoms with van der Waals surface area (Å²) >= 11 is 6.52. The first kappa shape index (κ1) is 47.0. The second kappa shape index (κ2) is 20.6. The zero-order valence-corrected chi connectivity index (χ0v) is 39.8. The van der Waals surface area contributed by atoms with Crippen molar-refractivity contribution in [1.29, 1.82) is 0 Å². The Morgan fingerprint density at radius 3 is 1.70 bits per heavy atom. The Kier molecular flexibility index (Phi) is 14.0. The molecule has 1 unspecified atom stereocenters. The molecule has 2 aliphatic rings. The summed E-state index contributed by atoms with van der Waals surface area (Å²) in [6, 6.07) is 31.4. The van der Waals surface area contributed by atoms with Gasteiger partial charge in [0.25, 0.3) is 0 Å². The highest BCUT2D eigenvalue weighted by Crippen LogP contribution is 2.33. The van der Waals surface area contributed by atoms with Gasteiger partial charge in [0, 0.05) is 59.6 Å². The quantitative estimate of drug-likeness (QED) is 0.0866. The molecule has 1 atom stereocenters. The first-order chi connectivity index (χ1) is 33.3. The highest BCUT2D eigenvalue weighted by molar-refractivity contribution is 6.30. The maximum atomic E-state index is 13.7. The highest BCUT2D eigenvalue weighted by Gasteiger charge is 2.24. The molecule has 4 heterocycles. The molecule has 4 amide bonds. The lowest BCUT2D eigenvalue weighted by molar-refractivity contribution is 0.113. The minimum atomic E-state index is -0.681. The van der Waals surface area contributed by atoms with Gasteiger partial charge in [0.1, 0.15) is 46.2 Å². The Hall–Kier alpha value is -7.13. The number of nitrogens with zero attached hydrogens (tertiary/aromatic N) is 2. The first-order valence-corrected chi connectivity index (χ1v) is 23.6. The molecule has 69 heavy (non-hydrogen) atoms. The van der Waals surface area contributed by atoms with Gasteiger partial charge in [-0.1, -0.05) is 72.3 Å². The van der Waals surface area contributed by atoms with E-state index in [0.717, 1.165) is 90.8 Å². The molecule has 5 aromatic carbocycles. The van der Waals surface area contributed by atoms with E-state index in [-0.39, 0.29) is 30.1 Å². The molecule has 7 aromatic rings. The van der Waals surface area contributed by atoms with E-state index in [0.29, 0.717) is 38.5 Å². The summed E-state index contributed by atoms with van der Waals surface area (Å²) in [6.45, 7) is 7.68. The molecule has 0 bridgehead atoms. The average molecular weight is 952 g/mol. The van der Waals surface area contributed by atoms with Gasteiger partial charge in [-0.15, -0.1) is 0 Å². The van der Waals surface area contributed by atoms with E-state index in [4.69, 9.17) is 29.9 Å². The summed E-state index contributed by atoms with van der Waals surface area (Å²) in [6.07, 6.45) is 3.86. The summed E-state index contributed by atoms with van der Waals surface area (Å²) < 4.78 is 24.1. The van der Waals surface area contributed by atoms with E-state index >= 15 is 0 Å². The zero-order chi connectivity index (χ0) is 48.2. The van der Waals surface area contributed by atoms with Crippen LogP contribution in [0, 0.1) is 13.8 Å². The number of anilines is 2. The molecular weight excluding hydrogens is 896 g/mol. The lowest BCUT2D eigenvalue weighted by atomic mass is 9.94. The minimum Gasteiger partial charge on any atom is -0.490 e. The number of urea groups is 2. The molecule has 0 aliphatic carbocycles. The molecule has 4 N–H and O–H groups in total. The number of nitrogens with one attached hydrogen (secondary N) is 4. The van der Waals surface area contributed by atoms with Crippen LogP contribution in [0.3, 0.4) is 0 Å². The topological polar surface area (TPSA) is 168 Å². The Labute approximate surface area is 404 Å². The van der Waals surface area contributed by atoms with Crippen molar-refractivity contribution >= 4 is 57.0 Å². The predicted octanol–water partition coefficient (Wildman–Crippen LogP) is 10.0.